The van der Waals surface area contributed by atoms with Crippen LogP contribution in [-0.4, -0.2) is 42.4 Å². The topological polar surface area (TPSA) is 80.5 Å². The Morgan fingerprint density at radius 2 is 2.00 bits per heavy atom. The van der Waals surface area contributed by atoms with Gasteiger partial charge in [0.1, 0.15) is 6.04 Å². The van der Waals surface area contributed by atoms with Gasteiger partial charge in [-0.1, -0.05) is 35.5 Å². The van der Waals surface area contributed by atoms with Gasteiger partial charge in [-0.3, -0.25) is 4.79 Å². The second kappa shape index (κ2) is 8.12. The third-order valence-corrected chi connectivity index (χ3v) is 5.78. The highest BCUT2D eigenvalue weighted by molar-refractivity contribution is 7.18. The molecule has 1 fully saturated rings. The van der Waals surface area contributed by atoms with Crippen molar-refractivity contribution in [1.82, 2.24) is 15.5 Å². The summed E-state index contributed by atoms with van der Waals surface area (Å²) in [5.41, 5.74) is 2.17. The Hall–Kier alpha value is -2.71. The third kappa shape index (κ3) is 3.93. The van der Waals surface area contributed by atoms with Gasteiger partial charge in [0.25, 0.3) is 5.91 Å². The maximum Gasteiger partial charge on any atom is 0.262 e. The number of carbonyl (C=O) groups excluding carboxylic acids is 1. The summed E-state index contributed by atoms with van der Waals surface area (Å²) in [6.45, 7) is 6.61. The number of nitrogens with one attached hydrogen (secondary N) is 1. The van der Waals surface area contributed by atoms with Crippen molar-refractivity contribution in [1.29, 1.82) is 0 Å². The number of hydrogen-bond acceptors (Lipinski definition) is 7. The van der Waals surface area contributed by atoms with Gasteiger partial charge in [-0.2, -0.15) is 4.98 Å². The molecule has 1 aliphatic heterocycles. The fraction of sp³-hybridized carbons (Fsp3) is 0.350. The van der Waals surface area contributed by atoms with Gasteiger partial charge >= 0.3 is 0 Å². The van der Waals surface area contributed by atoms with E-state index < -0.39 is 0 Å². The van der Waals surface area contributed by atoms with Crippen molar-refractivity contribution < 1.29 is 14.1 Å². The minimum absolute atomic E-state index is 0.148. The summed E-state index contributed by atoms with van der Waals surface area (Å²) in [5.74, 6) is 0.803. The number of benzene rings is 1. The summed E-state index contributed by atoms with van der Waals surface area (Å²) in [5, 5.41) is 7.83. The average molecular weight is 398 g/mol. The Kier molecular flexibility index (Phi) is 5.40. The smallest absolute Gasteiger partial charge is 0.262 e. The largest absolute Gasteiger partial charge is 0.378 e. The number of hydrogen-bond donors (Lipinski definition) is 1. The minimum atomic E-state index is -0.359. The Morgan fingerprint density at radius 1 is 1.25 bits per heavy atom. The predicted molar refractivity (Wildman–Crippen MR) is 108 cm³/mol. The lowest BCUT2D eigenvalue weighted by atomic mass is 10.1. The van der Waals surface area contributed by atoms with Crippen LogP contribution in [0.4, 0.5) is 5.00 Å². The van der Waals surface area contributed by atoms with E-state index in [1.165, 1.54) is 11.3 Å². The monoisotopic (exact) mass is 398 g/mol. The summed E-state index contributed by atoms with van der Waals surface area (Å²) >= 11 is 1.50. The summed E-state index contributed by atoms with van der Waals surface area (Å²) < 4.78 is 10.6. The summed E-state index contributed by atoms with van der Waals surface area (Å²) in [4.78, 5) is 20.0. The molecule has 4 rings (SSSR count). The quantitative estimate of drug-likeness (QED) is 0.709. The molecule has 1 amide bonds. The molecule has 28 heavy (non-hydrogen) atoms. The molecule has 0 spiro atoms. The first-order valence-corrected chi connectivity index (χ1v) is 10.1. The highest BCUT2D eigenvalue weighted by Gasteiger charge is 2.23. The van der Waals surface area contributed by atoms with Crippen LogP contribution in [0.5, 0.6) is 0 Å². The highest BCUT2D eigenvalue weighted by Crippen LogP contribution is 2.39. The van der Waals surface area contributed by atoms with Gasteiger partial charge in [-0.25, -0.2) is 0 Å². The maximum absolute atomic E-state index is 12.9. The highest BCUT2D eigenvalue weighted by atomic mass is 32.1. The lowest BCUT2D eigenvalue weighted by Gasteiger charge is -2.28. The number of ether oxygens (including phenoxy) is 1. The molecular formula is C20H22N4O3S. The number of aromatic nitrogens is 2. The van der Waals surface area contributed by atoms with Crippen LogP contribution in [0.1, 0.15) is 34.4 Å². The molecular weight excluding hydrogens is 376 g/mol. The van der Waals surface area contributed by atoms with Gasteiger partial charge < -0.3 is 19.5 Å². The first-order chi connectivity index (χ1) is 13.6. The number of nitrogens with zero attached hydrogens (tertiary/aromatic N) is 3. The molecule has 0 aliphatic carbocycles. The van der Waals surface area contributed by atoms with E-state index in [2.05, 4.69) is 32.5 Å². The molecule has 7 nitrogen and oxygen atoms in total. The molecule has 0 radical (unpaired) electrons. The molecule has 1 saturated heterocycles. The van der Waals surface area contributed by atoms with E-state index in [9.17, 15) is 4.79 Å². The third-order valence-electron chi connectivity index (χ3n) is 4.58. The van der Waals surface area contributed by atoms with Gasteiger partial charge in [-0.15, -0.1) is 11.3 Å². The van der Waals surface area contributed by atoms with Crippen LogP contribution in [0.3, 0.4) is 0 Å². The van der Waals surface area contributed by atoms with Crippen LogP contribution in [0.2, 0.25) is 0 Å². The van der Waals surface area contributed by atoms with E-state index in [0.29, 0.717) is 29.8 Å². The zero-order chi connectivity index (χ0) is 19.5. The molecule has 8 heteroatoms. The van der Waals surface area contributed by atoms with Crippen LogP contribution in [0.15, 0.2) is 40.9 Å². The van der Waals surface area contributed by atoms with Gasteiger partial charge in [-0.05, 0) is 25.5 Å². The van der Waals surface area contributed by atoms with E-state index in [0.717, 1.165) is 29.2 Å². The van der Waals surface area contributed by atoms with Crippen LogP contribution >= 0.6 is 11.3 Å². The summed E-state index contributed by atoms with van der Waals surface area (Å²) in [7, 11) is 0. The van der Waals surface area contributed by atoms with Gasteiger partial charge in [0.15, 0.2) is 5.82 Å². The molecule has 0 saturated carbocycles. The van der Waals surface area contributed by atoms with Crippen molar-refractivity contribution >= 4 is 22.2 Å². The van der Waals surface area contributed by atoms with Crippen LogP contribution in [0.25, 0.3) is 11.1 Å². The number of thiophene rings is 1. The van der Waals surface area contributed by atoms with E-state index in [-0.39, 0.29) is 11.9 Å². The number of amides is 1. The first kappa shape index (κ1) is 18.6. The van der Waals surface area contributed by atoms with Crippen molar-refractivity contribution in [2.24, 2.45) is 0 Å². The van der Waals surface area contributed by atoms with Crippen LogP contribution < -0.4 is 10.2 Å². The van der Waals surface area contributed by atoms with Crippen LogP contribution in [0, 0.1) is 6.92 Å². The zero-order valence-corrected chi connectivity index (χ0v) is 16.7. The number of carbonyl (C=O) groups is 1. The molecule has 1 atom stereocenters. The standard InChI is InChI=1S/C20H22N4O3S/c1-13(19-22-14(2)23-27-19)21-18(25)17-12-16(15-6-4-3-5-7-15)20(28-17)24-8-10-26-11-9-24/h3-7,12-13H,8-11H2,1-2H3,(H,21,25)/t13-/m1/s1. The molecule has 1 aromatic carbocycles. The minimum Gasteiger partial charge on any atom is -0.378 e. The van der Waals surface area contributed by atoms with Gasteiger partial charge in [0.05, 0.1) is 23.1 Å². The van der Waals surface area contributed by atoms with Crippen molar-refractivity contribution in [2.75, 3.05) is 31.2 Å². The SMILES string of the molecule is Cc1noc([C@@H](C)NC(=O)c2cc(-c3ccccc3)c(N3CCOCC3)s2)n1. The number of anilines is 1. The zero-order valence-electron chi connectivity index (χ0n) is 15.8. The van der Waals surface area contributed by atoms with E-state index in [1.807, 2.05) is 31.2 Å². The molecule has 146 valence electrons. The summed E-state index contributed by atoms with van der Waals surface area (Å²) in [6, 6.07) is 11.8. The van der Waals surface area contributed by atoms with E-state index >= 15 is 0 Å². The summed E-state index contributed by atoms with van der Waals surface area (Å²) in [6.07, 6.45) is 0. The van der Waals surface area contributed by atoms with Crippen molar-refractivity contribution in [3.63, 3.8) is 0 Å². The average Bonchev–Trinajstić information content (AvgIpc) is 3.36. The number of aryl methyl sites for hydroxylation is 1. The maximum atomic E-state index is 12.9. The van der Waals surface area contributed by atoms with Crippen molar-refractivity contribution in [3.8, 4) is 11.1 Å². The van der Waals surface area contributed by atoms with Crippen molar-refractivity contribution in [2.45, 2.75) is 19.9 Å². The molecule has 1 aliphatic rings. The first-order valence-electron chi connectivity index (χ1n) is 9.25. The number of morpholine rings is 1. The number of rotatable bonds is 5. The van der Waals surface area contributed by atoms with Gasteiger partial charge in [0.2, 0.25) is 5.89 Å². The van der Waals surface area contributed by atoms with Crippen LogP contribution in [-0.2, 0) is 4.74 Å². The lowest BCUT2D eigenvalue weighted by molar-refractivity contribution is 0.0936. The van der Waals surface area contributed by atoms with Gasteiger partial charge in [0, 0.05) is 18.7 Å². The van der Waals surface area contributed by atoms with Crippen molar-refractivity contribution in [3.05, 3.63) is 53.0 Å². The molecule has 0 bridgehead atoms. The second-order valence-corrected chi connectivity index (χ2v) is 7.70. The fourth-order valence-electron chi connectivity index (χ4n) is 3.14. The predicted octanol–water partition coefficient (Wildman–Crippen LogP) is 3.43. The molecule has 0 unspecified atom stereocenters. The fourth-order valence-corrected chi connectivity index (χ4v) is 4.27. The normalized spacial score (nSPS) is 15.4. The molecule has 3 aromatic rings. The Morgan fingerprint density at radius 3 is 2.68 bits per heavy atom. The molecule has 1 N–H and O–H groups in total. The second-order valence-electron chi connectivity index (χ2n) is 6.67. The lowest BCUT2D eigenvalue weighted by Crippen LogP contribution is -2.35. The molecule has 2 aromatic heterocycles. The Bertz CT molecular complexity index is 948. The Labute approximate surface area is 167 Å². The van der Waals surface area contributed by atoms with E-state index in [1.54, 1.807) is 6.92 Å². The van der Waals surface area contributed by atoms with E-state index in [4.69, 9.17) is 9.26 Å². The molecule has 3 heterocycles. The Balaban J connectivity index is 1.61.